The van der Waals surface area contributed by atoms with E-state index in [1.807, 2.05) is 23.1 Å². The first kappa shape index (κ1) is 14.1. The summed E-state index contributed by atoms with van der Waals surface area (Å²) in [7, 11) is 0. The highest BCUT2D eigenvalue weighted by Crippen LogP contribution is 2.23. The van der Waals surface area contributed by atoms with Crippen molar-refractivity contribution in [3.63, 3.8) is 0 Å². The number of para-hydroxylation sites is 1. The van der Waals surface area contributed by atoms with Gasteiger partial charge in [0.15, 0.2) is 0 Å². The molecule has 0 spiro atoms. The van der Waals surface area contributed by atoms with Crippen LogP contribution in [0.25, 0.3) is 0 Å². The highest BCUT2D eigenvalue weighted by molar-refractivity contribution is 6.32. The van der Waals surface area contributed by atoms with Crippen LogP contribution >= 0.6 is 11.6 Å². The molecule has 0 aromatic heterocycles. The average molecular weight is 285 g/mol. The molecule has 0 saturated carbocycles. The second-order valence-electron chi connectivity index (χ2n) is 4.44. The standard InChI is InChI=1S/C13H17ClN2O3/c14-11-3-1-2-4-12(11)19-9-10-7-16(5-6-18-10)8-13(15)17/h1-4,10H,5-9H2,(H2,15,17)/t10-/m0/s1. The number of carbonyl (C=O) groups excluding carboxylic acids is 1. The number of amides is 1. The predicted octanol–water partition coefficient (Wildman–Crippen LogP) is 0.905. The van der Waals surface area contributed by atoms with Crippen molar-refractivity contribution in [3.05, 3.63) is 29.3 Å². The van der Waals surface area contributed by atoms with Crippen LogP contribution in [0.2, 0.25) is 5.02 Å². The molecule has 19 heavy (non-hydrogen) atoms. The SMILES string of the molecule is NC(=O)CN1CCO[C@H](COc2ccccc2Cl)C1. The van der Waals surface area contributed by atoms with Crippen molar-refractivity contribution in [2.75, 3.05) is 32.8 Å². The Balaban J connectivity index is 1.82. The molecule has 1 saturated heterocycles. The molecular weight excluding hydrogens is 268 g/mol. The van der Waals surface area contributed by atoms with Crippen LogP contribution in [-0.4, -0.2) is 49.8 Å². The first-order chi connectivity index (χ1) is 9.15. The molecule has 0 aliphatic carbocycles. The summed E-state index contributed by atoms with van der Waals surface area (Å²) in [6.07, 6.45) is -0.0793. The quantitative estimate of drug-likeness (QED) is 0.873. The van der Waals surface area contributed by atoms with Crippen LogP contribution in [0.3, 0.4) is 0 Å². The highest BCUT2D eigenvalue weighted by atomic mass is 35.5. The fraction of sp³-hybridized carbons (Fsp3) is 0.462. The second-order valence-corrected chi connectivity index (χ2v) is 4.84. The molecule has 1 fully saturated rings. The molecule has 0 radical (unpaired) electrons. The first-order valence-electron chi connectivity index (χ1n) is 6.15. The van der Waals surface area contributed by atoms with Crippen LogP contribution in [0.1, 0.15) is 0 Å². The topological polar surface area (TPSA) is 64.8 Å². The fourth-order valence-electron chi connectivity index (χ4n) is 1.99. The maximum absolute atomic E-state index is 10.9. The maximum Gasteiger partial charge on any atom is 0.231 e. The summed E-state index contributed by atoms with van der Waals surface area (Å²) in [4.78, 5) is 12.9. The zero-order valence-electron chi connectivity index (χ0n) is 10.5. The lowest BCUT2D eigenvalue weighted by molar-refractivity contribution is -0.121. The number of halogens is 1. The maximum atomic E-state index is 10.9. The molecule has 1 aromatic rings. The Morgan fingerprint density at radius 3 is 3.05 bits per heavy atom. The van der Waals surface area contributed by atoms with Gasteiger partial charge < -0.3 is 15.2 Å². The number of hydrogen-bond acceptors (Lipinski definition) is 4. The molecule has 1 aliphatic rings. The molecular formula is C13H17ClN2O3. The molecule has 1 amide bonds. The van der Waals surface area contributed by atoms with E-state index in [0.717, 1.165) is 0 Å². The minimum absolute atomic E-state index is 0.0793. The van der Waals surface area contributed by atoms with Crippen molar-refractivity contribution >= 4 is 17.5 Å². The fourth-order valence-corrected chi connectivity index (χ4v) is 2.18. The van der Waals surface area contributed by atoms with Gasteiger partial charge in [-0.25, -0.2) is 0 Å². The number of carbonyl (C=O) groups is 1. The van der Waals surface area contributed by atoms with Crippen LogP contribution < -0.4 is 10.5 Å². The normalized spacial score (nSPS) is 20.2. The molecule has 2 N–H and O–H groups in total. The molecule has 1 heterocycles. The summed E-state index contributed by atoms with van der Waals surface area (Å²) in [5, 5.41) is 0.576. The van der Waals surface area contributed by atoms with Crippen molar-refractivity contribution < 1.29 is 14.3 Å². The summed E-state index contributed by atoms with van der Waals surface area (Å²) >= 11 is 6.00. The highest BCUT2D eigenvalue weighted by Gasteiger charge is 2.22. The van der Waals surface area contributed by atoms with Gasteiger partial charge >= 0.3 is 0 Å². The van der Waals surface area contributed by atoms with Crippen LogP contribution in [0.15, 0.2) is 24.3 Å². The smallest absolute Gasteiger partial charge is 0.231 e. The van der Waals surface area contributed by atoms with Crippen LogP contribution in [0.4, 0.5) is 0 Å². The largest absolute Gasteiger partial charge is 0.489 e. The Labute approximate surface area is 117 Å². The van der Waals surface area contributed by atoms with Crippen molar-refractivity contribution in [1.29, 1.82) is 0 Å². The third kappa shape index (κ3) is 4.38. The number of rotatable bonds is 5. The van der Waals surface area contributed by atoms with E-state index in [4.69, 9.17) is 26.8 Å². The lowest BCUT2D eigenvalue weighted by Crippen LogP contribution is -2.47. The number of nitrogens with two attached hydrogens (primary N) is 1. The number of benzene rings is 1. The summed E-state index contributed by atoms with van der Waals surface area (Å²) in [6, 6.07) is 7.30. The third-order valence-corrected chi connectivity index (χ3v) is 3.18. The van der Waals surface area contributed by atoms with Gasteiger partial charge in [-0.15, -0.1) is 0 Å². The minimum atomic E-state index is -0.326. The van der Waals surface area contributed by atoms with Crippen LogP contribution in [-0.2, 0) is 9.53 Å². The van der Waals surface area contributed by atoms with Gasteiger partial charge in [0.05, 0.1) is 18.2 Å². The Morgan fingerprint density at radius 2 is 2.32 bits per heavy atom. The van der Waals surface area contributed by atoms with E-state index < -0.39 is 0 Å². The van der Waals surface area contributed by atoms with E-state index in [-0.39, 0.29) is 18.6 Å². The first-order valence-corrected chi connectivity index (χ1v) is 6.52. The molecule has 1 aromatic carbocycles. The van der Waals surface area contributed by atoms with E-state index in [1.54, 1.807) is 6.07 Å². The Morgan fingerprint density at radius 1 is 1.53 bits per heavy atom. The van der Waals surface area contributed by atoms with Crippen LogP contribution in [0.5, 0.6) is 5.75 Å². The van der Waals surface area contributed by atoms with Gasteiger partial charge in [-0.2, -0.15) is 0 Å². The van der Waals surface area contributed by atoms with Gasteiger partial charge in [-0.3, -0.25) is 9.69 Å². The number of hydrogen-bond donors (Lipinski definition) is 1. The molecule has 1 aliphatic heterocycles. The Kier molecular flexibility index (Phi) is 5.01. The van der Waals surface area contributed by atoms with Crippen molar-refractivity contribution in [3.8, 4) is 5.75 Å². The summed E-state index contributed by atoms with van der Waals surface area (Å²) in [6.45, 7) is 2.58. The van der Waals surface area contributed by atoms with Gasteiger partial charge in [0.1, 0.15) is 18.5 Å². The molecule has 2 rings (SSSR count). The number of ether oxygens (including phenoxy) is 2. The van der Waals surface area contributed by atoms with Gasteiger partial charge in [-0.05, 0) is 12.1 Å². The lowest BCUT2D eigenvalue weighted by Gasteiger charge is -2.31. The molecule has 1 atom stereocenters. The van der Waals surface area contributed by atoms with Crippen molar-refractivity contribution in [2.45, 2.75) is 6.10 Å². The van der Waals surface area contributed by atoms with E-state index in [0.29, 0.717) is 37.1 Å². The van der Waals surface area contributed by atoms with E-state index in [2.05, 4.69) is 0 Å². The van der Waals surface area contributed by atoms with E-state index in [1.165, 1.54) is 0 Å². The second kappa shape index (κ2) is 6.75. The van der Waals surface area contributed by atoms with Gasteiger partial charge in [-0.1, -0.05) is 23.7 Å². The summed E-state index contributed by atoms with van der Waals surface area (Å²) in [5.74, 6) is 0.312. The molecule has 0 unspecified atom stereocenters. The average Bonchev–Trinajstić information content (AvgIpc) is 2.37. The van der Waals surface area contributed by atoms with E-state index >= 15 is 0 Å². The third-order valence-electron chi connectivity index (χ3n) is 2.86. The van der Waals surface area contributed by atoms with Gasteiger partial charge in [0.25, 0.3) is 0 Å². The van der Waals surface area contributed by atoms with Gasteiger partial charge in [0, 0.05) is 13.1 Å². The molecule has 0 bridgehead atoms. The summed E-state index contributed by atoms with van der Waals surface area (Å²) in [5.41, 5.74) is 5.18. The molecule has 5 nitrogen and oxygen atoms in total. The Bertz CT molecular complexity index is 442. The minimum Gasteiger partial charge on any atom is -0.489 e. The Hall–Kier alpha value is -1.30. The van der Waals surface area contributed by atoms with E-state index in [9.17, 15) is 4.79 Å². The molecule has 6 heteroatoms. The van der Waals surface area contributed by atoms with Crippen molar-refractivity contribution in [2.24, 2.45) is 5.73 Å². The van der Waals surface area contributed by atoms with Crippen LogP contribution in [0, 0.1) is 0 Å². The zero-order valence-corrected chi connectivity index (χ0v) is 11.3. The zero-order chi connectivity index (χ0) is 13.7. The van der Waals surface area contributed by atoms with Gasteiger partial charge in [0.2, 0.25) is 5.91 Å². The predicted molar refractivity (Wildman–Crippen MR) is 72.3 cm³/mol. The lowest BCUT2D eigenvalue weighted by atomic mass is 10.3. The number of morpholine rings is 1. The number of nitrogens with zero attached hydrogens (tertiary/aromatic N) is 1. The van der Waals surface area contributed by atoms with Crippen molar-refractivity contribution in [1.82, 2.24) is 4.90 Å². The monoisotopic (exact) mass is 284 g/mol. The number of primary amides is 1. The molecule has 104 valence electrons. The summed E-state index contributed by atoms with van der Waals surface area (Å²) < 4.78 is 11.2.